The van der Waals surface area contributed by atoms with Crippen LogP contribution in [0.5, 0.6) is 0 Å². The van der Waals surface area contributed by atoms with E-state index in [4.69, 9.17) is 0 Å². The largest absolute Gasteiger partial charge is 0.378 e. The Morgan fingerprint density at radius 1 is 1.05 bits per heavy atom. The van der Waals surface area contributed by atoms with Crippen LogP contribution < -0.4 is 5.32 Å². The number of aliphatic hydroxyl groups excluding tert-OH is 1. The van der Waals surface area contributed by atoms with Gasteiger partial charge in [-0.05, 0) is 24.7 Å². The summed E-state index contributed by atoms with van der Waals surface area (Å²) in [6.07, 6.45) is -0.716. The molecule has 0 aromatic carbocycles. The van der Waals surface area contributed by atoms with Crippen LogP contribution >= 0.6 is 0 Å². The zero-order valence-corrected chi connectivity index (χ0v) is 14.3. The monoisotopic (exact) mass is 286 g/mol. The maximum absolute atomic E-state index is 12.2. The Morgan fingerprint density at radius 3 is 1.80 bits per heavy atom. The van der Waals surface area contributed by atoms with E-state index in [2.05, 4.69) is 37.9 Å². The van der Waals surface area contributed by atoms with Crippen molar-refractivity contribution in [3.05, 3.63) is 0 Å². The van der Waals surface area contributed by atoms with E-state index < -0.39 is 6.23 Å². The first kappa shape index (κ1) is 19.4. The molecule has 4 heteroatoms. The highest BCUT2D eigenvalue weighted by molar-refractivity contribution is 5.79. The Kier molecular flexibility index (Phi) is 9.06. The molecule has 0 rings (SSSR count). The summed E-state index contributed by atoms with van der Waals surface area (Å²) in [5.41, 5.74) is 0. The molecular weight excluding hydrogens is 252 g/mol. The van der Waals surface area contributed by atoms with Gasteiger partial charge in [-0.25, -0.2) is 0 Å². The van der Waals surface area contributed by atoms with E-state index in [1.165, 1.54) is 0 Å². The molecule has 120 valence electrons. The van der Waals surface area contributed by atoms with E-state index in [0.717, 1.165) is 13.1 Å². The normalized spacial score (nSPS) is 15.2. The summed E-state index contributed by atoms with van der Waals surface area (Å²) < 4.78 is 0. The van der Waals surface area contributed by atoms with Gasteiger partial charge < -0.3 is 10.4 Å². The standard InChI is InChI=1S/C16H34N2O2/c1-8-17-15(19)14(13(6)7)16(20)18(9-11(2)3)10-12(4)5/h11-14,16,20H,8-10H2,1-7H3,(H,17,19). The second-order valence-corrected chi connectivity index (χ2v) is 6.82. The Labute approximate surface area is 124 Å². The fourth-order valence-corrected chi connectivity index (χ4v) is 2.53. The Balaban J connectivity index is 5.03. The van der Waals surface area contributed by atoms with Gasteiger partial charge in [0.25, 0.3) is 0 Å². The second kappa shape index (κ2) is 9.35. The molecule has 2 unspecified atom stereocenters. The molecule has 0 aliphatic carbocycles. The molecule has 20 heavy (non-hydrogen) atoms. The molecule has 0 spiro atoms. The molecule has 0 bridgehead atoms. The third-order valence-electron chi connectivity index (χ3n) is 3.27. The first-order valence-corrected chi connectivity index (χ1v) is 7.90. The molecule has 2 atom stereocenters. The van der Waals surface area contributed by atoms with Crippen molar-refractivity contribution < 1.29 is 9.90 Å². The van der Waals surface area contributed by atoms with Crippen molar-refractivity contribution in [3.8, 4) is 0 Å². The van der Waals surface area contributed by atoms with Gasteiger partial charge in [-0.2, -0.15) is 0 Å². The Bertz CT molecular complexity index is 268. The fraction of sp³-hybridized carbons (Fsp3) is 0.938. The molecule has 0 saturated heterocycles. The number of hydrogen-bond donors (Lipinski definition) is 2. The van der Waals surface area contributed by atoms with Crippen molar-refractivity contribution in [3.63, 3.8) is 0 Å². The predicted molar refractivity (Wildman–Crippen MR) is 84.3 cm³/mol. The van der Waals surface area contributed by atoms with Gasteiger partial charge in [0.2, 0.25) is 5.91 Å². The molecule has 0 fully saturated rings. The number of rotatable bonds is 9. The molecule has 0 aliphatic heterocycles. The molecular formula is C16H34N2O2. The van der Waals surface area contributed by atoms with E-state index in [0.29, 0.717) is 18.4 Å². The van der Waals surface area contributed by atoms with Gasteiger partial charge in [0, 0.05) is 19.6 Å². The zero-order valence-electron chi connectivity index (χ0n) is 14.3. The highest BCUT2D eigenvalue weighted by atomic mass is 16.3. The number of amides is 1. The summed E-state index contributed by atoms with van der Waals surface area (Å²) in [5.74, 6) is 0.606. The van der Waals surface area contributed by atoms with Gasteiger partial charge in [-0.15, -0.1) is 0 Å². The Hall–Kier alpha value is -0.610. The van der Waals surface area contributed by atoms with Crippen molar-refractivity contribution in [1.29, 1.82) is 0 Å². The van der Waals surface area contributed by atoms with Crippen molar-refractivity contribution in [2.24, 2.45) is 23.7 Å². The summed E-state index contributed by atoms with van der Waals surface area (Å²) in [6, 6.07) is 0. The number of nitrogens with zero attached hydrogens (tertiary/aromatic N) is 1. The highest BCUT2D eigenvalue weighted by Crippen LogP contribution is 2.21. The van der Waals surface area contributed by atoms with Crippen molar-refractivity contribution in [2.45, 2.75) is 54.7 Å². The van der Waals surface area contributed by atoms with E-state index in [1.807, 2.05) is 20.8 Å². The minimum atomic E-state index is -0.716. The summed E-state index contributed by atoms with van der Waals surface area (Å²) >= 11 is 0. The molecule has 0 saturated carbocycles. The average Bonchev–Trinajstić information content (AvgIpc) is 2.26. The van der Waals surface area contributed by atoms with E-state index in [1.54, 1.807) is 0 Å². The molecule has 0 aliphatic rings. The van der Waals surface area contributed by atoms with Crippen LogP contribution in [0.2, 0.25) is 0 Å². The fourth-order valence-electron chi connectivity index (χ4n) is 2.53. The molecule has 4 nitrogen and oxygen atoms in total. The highest BCUT2D eigenvalue weighted by Gasteiger charge is 2.33. The van der Waals surface area contributed by atoms with Gasteiger partial charge >= 0.3 is 0 Å². The van der Waals surface area contributed by atoms with E-state index in [9.17, 15) is 9.90 Å². The maximum atomic E-state index is 12.2. The predicted octanol–water partition coefficient (Wildman–Crippen LogP) is 2.33. The second-order valence-electron chi connectivity index (χ2n) is 6.82. The van der Waals surface area contributed by atoms with Crippen LogP contribution in [0.4, 0.5) is 0 Å². The molecule has 0 aromatic rings. The van der Waals surface area contributed by atoms with Crippen molar-refractivity contribution in [1.82, 2.24) is 10.2 Å². The number of nitrogens with one attached hydrogen (secondary N) is 1. The van der Waals surface area contributed by atoms with Crippen molar-refractivity contribution in [2.75, 3.05) is 19.6 Å². The lowest BCUT2D eigenvalue weighted by atomic mass is 9.91. The van der Waals surface area contributed by atoms with Gasteiger partial charge in [-0.1, -0.05) is 41.5 Å². The summed E-state index contributed by atoms with van der Waals surface area (Å²) in [5, 5.41) is 13.5. The van der Waals surface area contributed by atoms with Crippen LogP contribution in [0.1, 0.15) is 48.5 Å². The quantitative estimate of drug-likeness (QED) is 0.640. The van der Waals surface area contributed by atoms with Crippen LogP contribution in [0, 0.1) is 23.7 Å². The van der Waals surface area contributed by atoms with Crippen LogP contribution in [-0.2, 0) is 4.79 Å². The van der Waals surface area contributed by atoms with Gasteiger partial charge in [-0.3, -0.25) is 9.69 Å². The molecule has 1 amide bonds. The minimum absolute atomic E-state index is 0.0486. The van der Waals surface area contributed by atoms with Gasteiger partial charge in [0.15, 0.2) is 0 Å². The third kappa shape index (κ3) is 6.71. The first-order chi connectivity index (χ1) is 9.20. The topological polar surface area (TPSA) is 52.6 Å². The minimum Gasteiger partial charge on any atom is -0.378 e. The number of hydrogen-bond acceptors (Lipinski definition) is 3. The van der Waals surface area contributed by atoms with Gasteiger partial charge in [0.05, 0.1) is 5.92 Å². The number of carbonyl (C=O) groups excluding carboxylic acids is 1. The Morgan fingerprint density at radius 2 is 1.50 bits per heavy atom. The smallest absolute Gasteiger partial charge is 0.227 e. The van der Waals surface area contributed by atoms with E-state index in [-0.39, 0.29) is 17.7 Å². The summed E-state index contributed by atoms with van der Waals surface area (Å²) in [7, 11) is 0. The van der Waals surface area contributed by atoms with Crippen LogP contribution in [0.15, 0.2) is 0 Å². The van der Waals surface area contributed by atoms with Crippen molar-refractivity contribution >= 4 is 5.91 Å². The first-order valence-electron chi connectivity index (χ1n) is 7.90. The summed E-state index contributed by atoms with van der Waals surface area (Å²) in [6.45, 7) is 16.6. The average molecular weight is 286 g/mol. The molecule has 0 heterocycles. The van der Waals surface area contributed by atoms with Crippen LogP contribution in [0.3, 0.4) is 0 Å². The molecule has 2 N–H and O–H groups in total. The lowest BCUT2D eigenvalue weighted by Gasteiger charge is -2.36. The lowest BCUT2D eigenvalue weighted by molar-refractivity contribution is -0.139. The van der Waals surface area contributed by atoms with Crippen LogP contribution in [0.25, 0.3) is 0 Å². The maximum Gasteiger partial charge on any atom is 0.227 e. The SMILES string of the molecule is CCNC(=O)C(C(C)C)C(O)N(CC(C)C)CC(C)C. The number of aliphatic hydroxyl groups is 1. The number of carbonyl (C=O) groups is 1. The lowest BCUT2D eigenvalue weighted by Crippen LogP contribution is -2.51. The third-order valence-corrected chi connectivity index (χ3v) is 3.27. The summed E-state index contributed by atoms with van der Waals surface area (Å²) in [4.78, 5) is 14.3. The van der Waals surface area contributed by atoms with Crippen LogP contribution in [-0.4, -0.2) is 41.8 Å². The molecule has 0 radical (unpaired) electrons. The zero-order chi connectivity index (χ0) is 15.9. The van der Waals surface area contributed by atoms with E-state index >= 15 is 0 Å². The van der Waals surface area contributed by atoms with Gasteiger partial charge in [0.1, 0.15) is 6.23 Å². The molecule has 0 aromatic heterocycles.